The molecule has 124 valence electrons. The highest BCUT2D eigenvalue weighted by Crippen LogP contribution is 2.24. The first-order valence-corrected chi connectivity index (χ1v) is 7.25. The molecule has 0 saturated carbocycles. The Balaban J connectivity index is 0.00000441. The van der Waals surface area contributed by atoms with Crippen LogP contribution in [0.2, 0.25) is 10.0 Å². The van der Waals surface area contributed by atoms with Gasteiger partial charge in [0.25, 0.3) is 0 Å². The fourth-order valence-corrected chi connectivity index (χ4v) is 2.14. The number of likely N-dealkylation sites (N-methyl/N-ethyl adjacent to an activating group) is 1. The zero-order chi connectivity index (χ0) is 16.0. The van der Waals surface area contributed by atoms with Gasteiger partial charge >= 0.3 is 0 Å². The number of hydrogen-bond donors (Lipinski definition) is 2. The molecule has 0 radical (unpaired) electrons. The van der Waals surface area contributed by atoms with Crippen LogP contribution in [0, 0.1) is 5.92 Å². The second-order valence-electron chi connectivity index (χ2n) is 4.83. The van der Waals surface area contributed by atoms with Gasteiger partial charge in [0.05, 0.1) is 16.6 Å². The van der Waals surface area contributed by atoms with Crippen molar-refractivity contribution in [3.8, 4) is 0 Å². The molecule has 0 aliphatic rings. The molecule has 2 amide bonds. The van der Waals surface area contributed by atoms with Crippen molar-refractivity contribution in [1.82, 2.24) is 10.2 Å². The zero-order valence-electron chi connectivity index (χ0n) is 12.7. The standard InChI is InChI=1S/C14H19Cl2N3O2.ClH/c1-9(7-17-2)14(21)19(3)8-13(20)18-10-4-5-11(15)12(16)6-10;/h4-6,9,17H,7-8H2,1-3H3,(H,18,20);1H. The van der Waals surface area contributed by atoms with Crippen molar-refractivity contribution in [3.05, 3.63) is 28.2 Å². The molecule has 2 N–H and O–H groups in total. The van der Waals surface area contributed by atoms with Gasteiger partial charge in [-0.1, -0.05) is 30.1 Å². The largest absolute Gasteiger partial charge is 0.336 e. The number of anilines is 1. The van der Waals surface area contributed by atoms with Crippen LogP contribution < -0.4 is 10.6 Å². The molecule has 0 fully saturated rings. The lowest BCUT2D eigenvalue weighted by Crippen LogP contribution is -2.40. The summed E-state index contributed by atoms with van der Waals surface area (Å²) in [5.41, 5.74) is 0.540. The maximum absolute atomic E-state index is 12.0. The van der Waals surface area contributed by atoms with Gasteiger partial charge in [0.1, 0.15) is 0 Å². The minimum Gasteiger partial charge on any atom is -0.336 e. The van der Waals surface area contributed by atoms with Crippen LogP contribution in [0.15, 0.2) is 18.2 Å². The summed E-state index contributed by atoms with van der Waals surface area (Å²) in [5, 5.41) is 6.39. The summed E-state index contributed by atoms with van der Waals surface area (Å²) in [6.45, 7) is 2.36. The molecule has 1 atom stereocenters. The van der Waals surface area contributed by atoms with E-state index in [0.29, 0.717) is 22.3 Å². The van der Waals surface area contributed by atoms with Crippen LogP contribution in [0.1, 0.15) is 6.92 Å². The van der Waals surface area contributed by atoms with Crippen LogP contribution in [0.3, 0.4) is 0 Å². The molecule has 1 aromatic rings. The van der Waals surface area contributed by atoms with Crippen molar-refractivity contribution < 1.29 is 9.59 Å². The van der Waals surface area contributed by atoms with E-state index in [1.165, 1.54) is 4.90 Å². The Hall–Kier alpha value is -1.01. The number of hydrogen-bond acceptors (Lipinski definition) is 3. The van der Waals surface area contributed by atoms with Gasteiger partial charge in [-0.05, 0) is 25.2 Å². The van der Waals surface area contributed by atoms with Crippen LogP contribution in [-0.4, -0.2) is 43.9 Å². The normalized spacial score (nSPS) is 11.3. The average molecular weight is 369 g/mol. The summed E-state index contributed by atoms with van der Waals surface area (Å²) >= 11 is 11.7. The smallest absolute Gasteiger partial charge is 0.243 e. The lowest BCUT2D eigenvalue weighted by molar-refractivity contribution is -0.136. The third kappa shape index (κ3) is 6.40. The quantitative estimate of drug-likeness (QED) is 0.811. The van der Waals surface area contributed by atoms with Crippen molar-refractivity contribution in [3.63, 3.8) is 0 Å². The lowest BCUT2D eigenvalue weighted by Gasteiger charge is -2.20. The first-order chi connectivity index (χ1) is 9.85. The van der Waals surface area contributed by atoms with Gasteiger partial charge in [-0.3, -0.25) is 9.59 Å². The molecule has 1 unspecified atom stereocenters. The van der Waals surface area contributed by atoms with Crippen LogP contribution in [0.5, 0.6) is 0 Å². The van der Waals surface area contributed by atoms with Gasteiger partial charge in [0.15, 0.2) is 0 Å². The van der Waals surface area contributed by atoms with Crippen molar-refractivity contribution in [1.29, 1.82) is 0 Å². The Morgan fingerprint density at radius 1 is 1.27 bits per heavy atom. The Morgan fingerprint density at radius 2 is 1.91 bits per heavy atom. The molecule has 0 aliphatic heterocycles. The SMILES string of the molecule is CNCC(C)C(=O)N(C)CC(=O)Nc1ccc(Cl)c(Cl)c1.Cl. The van der Waals surface area contributed by atoms with Crippen LogP contribution >= 0.6 is 35.6 Å². The number of nitrogens with one attached hydrogen (secondary N) is 2. The maximum Gasteiger partial charge on any atom is 0.243 e. The summed E-state index contributed by atoms with van der Waals surface area (Å²) in [6, 6.07) is 4.81. The summed E-state index contributed by atoms with van der Waals surface area (Å²) in [6.07, 6.45) is 0. The maximum atomic E-state index is 12.0. The number of carbonyl (C=O) groups is 2. The molecule has 0 aromatic heterocycles. The topological polar surface area (TPSA) is 61.4 Å². The molecule has 0 bridgehead atoms. The predicted octanol–water partition coefficient (Wildman–Crippen LogP) is 2.67. The molecule has 1 rings (SSSR count). The number of amides is 2. The third-order valence-corrected chi connectivity index (χ3v) is 3.63. The monoisotopic (exact) mass is 367 g/mol. The summed E-state index contributed by atoms with van der Waals surface area (Å²) in [4.78, 5) is 25.3. The highest BCUT2D eigenvalue weighted by molar-refractivity contribution is 6.42. The molecule has 1 aromatic carbocycles. The van der Waals surface area contributed by atoms with E-state index in [9.17, 15) is 9.59 Å². The molecule has 0 saturated heterocycles. The minimum absolute atomic E-state index is 0. The van der Waals surface area contributed by atoms with Crippen LogP contribution in [0.25, 0.3) is 0 Å². The van der Waals surface area contributed by atoms with Gasteiger partial charge in [-0.15, -0.1) is 12.4 Å². The van der Waals surface area contributed by atoms with E-state index < -0.39 is 0 Å². The van der Waals surface area contributed by atoms with Crippen molar-refractivity contribution in [2.75, 3.05) is 32.5 Å². The summed E-state index contributed by atoms with van der Waals surface area (Å²) in [7, 11) is 3.38. The molecule has 5 nitrogen and oxygen atoms in total. The van der Waals surface area contributed by atoms with E-state index in [1.807, 2.05) is 6.92 Å². The van der Waals surface area contributed by atoms with E-state index in [2.05, 4.69) is 10.6 Å². The van der Waals surface area contributed by atoms with Gasteiger partial charge in [-0.25, -0.2) is 0 Å². The lowest BCUT2D eigenvalue weighted by atomic mass is 10.1. The van der Waals surface area contributed by atoms with Gasteiger partial charge in [-0.2, -0.15) is 0 Å². The van der Waals surface area contributed by atoms with Gasteiger partial charge < -0.3 is 15.5 Å². The molecule has 8 heteroatoms. The predicted molar refractivity (Wildman–Crippen MR) is 93.1 cm³/mol. The molecule has 0 heterocycles. The number of carbonyl (C=O) groups excluding carboxylic acids is 2. The van der Waals surface area contributed by atoms with Crippen molar-refractivity contribution in [2.24, 2.45) is 5.92 Å². The number of nitrogens with zero attached hydrogens (tertiary/aromatic N) is 1. The first kappa shape index (κ1) is 21.0. The second kappa shape index (κ2) is 9.90. The van der Waals surface area contributed by atoms with Gasteiger partial charge in [0.2, 0.25) is 11.8 Å². The summed E-state index contributed by atoms with van der Waals surface area (Å²) in [5.74, 6) is -0.563. The molecule has 0 spiro atoms. The van der Waals surface area contributed by atoms with E-state index in [4.69, 9.17) is 23.2 Å². The van der Waals surface area contributed by atoms with Crippen molar-refractivity contribution in [2.45, 2.75) is 6.92 Å². The van der Waals surface area contributed by atoms with E-state index in [1.54, 1.807) is 32.3 Å². The Kier molecular flexibility index (Phi) is 9.44. The Morgan fingerprint density at radius 3 is 2.45 bits per heavy atom. The van der Waals surface area contributed by atoms with Crippen molar-refractivity contribution >= 4 is 53.1 Å². The zero-order valence-corrected chi connectivity index (χ0v) is 15.0. The Bertz CT molecular complexity index is 526. The number of rotatable bonds is 6. The third-order valence-electron chi connectivity index (χ3n) is 2.89. The van der Waals surface area contributed by atoms with Gasteiger partial charge in [0, 0.05) is 25.2 Å². The first-order valence-electron chi connectivity index (χ1n) is 6.49. The molecular formula is C14H20Cl3N3O2. The second-order valence-corrected chi connectivity index (χ2v) is 5.64. The fourth-order valence-electron chi connectivity index (χ4n) is 1.84. The van der Waals surface area contributed by atoms with E-state index in [-0.39, 0.29) is 36.7 Å². The summed E-state index contributed by atoms with van der Waals surface area (Å²) < 4.78 is 0. The van der Waals surface area contributed by atoms with E-state index in [0.717, 1.165) is 0 Å². The highest BCUT2D eigenvalue weighted by atomic mass is 35.5. The highest BCUT2D eigenvalue weighted by Gasteiger charge is 2.18. The van der Waals surface area contributed by atoms with E-state index >= 15 is 0 Å². The van der Waals surface area contributed by atoms with Crippen LogP contribution in [0.4, 0.5) is 5.69 Å². The fraction of sp³-hybridized carbons (Fsp3) is 0.429. The average Bonchev–Trinajstić information content (AvgIpc) is 2.42. The van der Waals surface area contributed by atoms with Crippen LogP contribution in [-0.2, 0) is 9.59 Å². The molecule has 22 heavy (non-hydrogen) atoms. The number of halogens is 3. The number of benzene rings is 1. The molecule has 0 aliphatic carbocycles. The minimum atomic E-state index is -0.291. The Labute approximate surface area is 146 Å². The molecular weight excluding hydrogens is 349 g/mol.